The Labute approximate surface area is 178 Å². The normalized spacial score (nSPS) is 11.5. The number of aromatic nitrogens is 2. The maximum atomic E-state index is 12.2. The molecule has 5 N–H and O–H groups in total. The molecule has 3 aromatic rings. The zero-order valence-electron chi connectivity index (χ0n) is 16.2. The van der Waals surface area contributed by atoms with Crippen LogP contribution in [-0.4, -0.2) is 27.5 Å². The molecular formula is C22H20ClN5O2. The molecule has 7 nitrogen and oxygen atoms in total. The Morgan fingerprint density at radius 3 is 2.60 bits per heavy atom. The molecule has 1 atom stereocenters. The summed E-state index contributed by atoms with van der Waals surface area (Å²) in [6.07, 6.45) is 2.73. The molecule has 152 valence electrons. The molecule has 0 spiro atoms. The topological polar surface area (TPSA) is 125 Å². The molecule has 0 aliphatic heterocycles. The van der Waals surface area contributed by atoms with Crippen LogP contribution in [0.3, 0.4) is 0 Å². The fourth-order valence-electron chi connectivity index (χ4n) is 3.13. The summed E-state index contributed by atoms with van der Waals surface area (Å²) < 4.78 is 0. The van der Waals surface area contributed by atoms with Crippen molar-refractivity contribution in [3.05, 3.63) is 83.3 Å². The van der Waals surface area contributed by atoms with E-state index in [2.05, 4.69) is 21.9 Å². The van der Waals surface area contributed by atoms with Crippen LogP contribution in [0.5, 0.6) is 0 Å². The highest BCUT2D eigenvalue weighted by Crippen LogP contribution is 2.31. The number of primary amides is 1. The number of nitrogens with one attached hydrogen (secondary N) is 3. The molecule has 0 radical (unpaired) electrons. The van der Waals surface area contributed by atoms with E-state index >= 15 is 0 Å². The van der Waals surface area contributed by atoms with Crippen LogP contribution in [0, 0.1) is 12.3 Å². The third-order valence-electron chi connectivity index (χ3n) is 4.58. The van der Waals surface area contributed by atoms with Crippen LogP contribution in [0.25, 0.3) is 11.3 Å². The summed E-state index contributed by atoms with van der Waals surface area (Å²) in [7, 11) is 0. The van der Waals surface area contributed by atoms with E-state index in [1.165, 1.54) is 6.08 Å². The first kappa shape index (κ1) is 21.0. The van der Waals surface area contributed by atoms with Crippen LogP contribution in [-0.2, 0) is 9.59 Å². The Morgan fingerprint density at radius 1 is 1.27 bits per heavy atom. The average molecular weight is 422 g/mol. The molecule has 0 saturated carbocycles. The number of nitrogens with two attached hydrogens (primary N) is 1. The smallest absolute Gasteiger partial charge is 0.247 e. The van der Waals surface area contributed by atoms with Gasteiger partial charge < -0.3 is 21.4 Å². The highest BCUT2D eigenvalue weighted by molar-refractivity contribution is 6.30. The Hall–Kier alpha value is -3.71. The number of aryl methyl sites for hydroxylation is 1. The minimum absolute atomic E-state index is 0.00466. The van der Waals surface area contributed by atoms with Gasteiger partial charge in [-0.05, 0) is 42.3 Å². The summed E-state index contributed by atoms with van der Waals surface area (Å²) in [5.74, 6) is -1.89. The number of carbonyl (C=O) groups excluding carboxylic acids is 2. The molecule has 0 bridgehead atoms. The van der Waals surface area contributed by atoms with E-state index < -0.39 is 11.8 Å². The Kier molecular flexibility index (Phi) is 6.13. The highest BCUT2D eigenvalue weighted by Gasteiger charge is 2.28. The number of hydrogen-bond donors (Lipinski definition) is 4. The van der Waals surface area contributed by atoms with Crippen molar-refractivity contribution < 1.29 is 9.59 Å². The first-order valence-electron chi connectivity index (χ1n) is 9.03. The summed E-state index contributed by atoms with van der Waals surface area (Å²) in [6, 6.07) is 12.0. The molecule has 1 aromatic heterocycles. The second-order valence-electron chi connectivity index (χ2n) is 6.63. The van der Waals surface area contributed by atoms with E-state index in [9.17, 15) is 9.59 Å². The number of halogens is 1. The van der Waals surface area contributed by atoms with Crippen molar-refractivity contribution >= 4 is 34.8 Å². The number of H-pyrrole nitrogens is 1. The van der Waals surface area contributed by atoms with Crippen molar-refractivity contribution in [1.29, 1.82) is 5.41 Å². The van der Waals surface area contributed by atoms with Gasteiger partial charge in [0.2, 0.25) is 11.8 Å². The van der Waals surface area contributed by atoms with Gasteiger partial charge in [0.25, 0.3) is 0 Å². The van der Waals surface area contributed by atoms with Gasteiger partial charge in [0.15, 0.2) is 0 Å². The van der Waals surface area contributed by atoms with E-state index in [1.807, 2.05) is 19.1 Å². The number of hydrogen-bond acceptors (Lipinski definition) is 4. The van der Waals surface area contributed by atoms with Crippen molar-refractivity contribution in [1.82, 2.24) is 9.97 Å². The number of rotatable bonds is 7. The standard InChI is InChI=1S/C22H20ClN5O2/c1-3-17(29)27-15-6-4-5-12(2)18(15)16-11-26-22(28-16)19(21(25)30)20(24)13-7-9-14(23)10-8-13/h3-11,19,24H,1H2,2H3,(H2,25,30)(H,26,28)(H,27,29). The zero-order valence-corrected chi connectivity index (χ0v) is 17.0. The van der Waals surface area contributed by atoms with Gasteiger partial charge in [0, 0.05) is 10.6 Å². The summed E-state index contributed by atoms with van der Waals surface area (Å²) >= 11 is 5.91. The Bertz CT molecular complexity index is 1130. The molecule has 1 heterocycles. The highest BCUT2D eigenvalue weighted by atomic mass is 35.5. The quantitative estimate of drug-likeness (QED) is 0.342. The maximum Gasteiger partial charge on any atom is 0.247 e. The van der Waals surface area contributed by atoms with Gasteiger partial charge in [-0.25, -0.2) is 4.98 Å². The number of anilines is 1. The molecule has 0 aliphatic carbocycles. The number of imidazole rings is 1. The Morgan fingerprint density at radius 2 is 1.97 bits per heavy atom. The van der Waals surface area contributed by atoms with Crippen LogP contribution >= 0.6 is 11.6 Å². The van der Waals surface area contributed by atoms with E-state index in [4.69, 9.17) is 22.7 Å². The lowest BCUT2D eigenvalue weighted by Gasteiger charge is -2.14. The molecule has 3 rings (SSSR count). The van der Waals surface area contributed by atoms with Crippen molar-refractivity contribution in [2.24, 2.45) is 5.73 Å². The van der Waals surface area contributed by atoms with Gasteiger partial charge in [0.1, 0.15) is 11.7 Å². The average Bonchev–Trinajstić information content (AvgIpc) is 3.17. The van der Waals surface area contributed by atoms with Gasteiger partial charge in [-0.3, -0.25) is 9.59 Å². The number of benzene rings is 2. The van der Waals surface area contributed by atoms with Gasteiger partial charge in [-0.15, -0.1) is 0 Å². The minimum atomic E-state index is -1.07. The van der Waals surface area contributed by atoms with Crippen molar-refractivity contribution in [3.63, 3.8) is 0 Å². The van der Waals surface area contributed by atoms with Gasteiger partial charge in [0.05, 0.1) is 23.3 Å². The van der Waals surface area contributed by atoms with Crippen molar-refractivity contribution in [2.45, 2.75) is 12.8 Å². The lowest BCUT2D eigenvalue weighted by atomic mass is 9.95. The summed E-state index contributed by atoms with van der Waals surface area (Å²) in [5, 5.41) is 11.8. The molecular weight excluding hydrogens is 402 g/mol. The molecule has 0 fully saturated rings. The summed E-state index contributed by atoms with van der Waals surface area (Å²) in [4.78, 5) is 31.4. The largest absolute Gasteiger partial charge is 0.369 e. The first-order valence-corrected chi connectivity index (χ1v) is 9.41. The van der Waals surface area contributed by atoms with E-state index in [0.717, 1.165) is 5.56 Å². The molecule has 0 aliphatic rings. The SMILES string of the molecule is C=CC(=O)Nc1cccc(C)c1-c1cnc(C(C(=N)c2ccc(Cl)cc2)C(N)=O)[nH]1. The monoisotopic (exact) mass is 421 g/mol. The van der Waals surface area contributed by atoms with Crippen LogP contribution in [0.15, 0.2) is 61.3 Å². The number of amides is 2. The fourth-order valence-corrected chi connectivity index (χ4v) is 3.26. The number of carbonyl (C=O) groups is 2. The lowest BCUT2D eigenvalue weighted by molar-refractivity contribution is -0.118. The lowest BCUT2D eigenvalue weighted by Crippen LogP contribution is -2.29. The molecule has 0 saturated heterocycles. The first-order chi connectivity index (χ1) is 14.3. The minimum Gasteiger partial charge on any atom is -0.369 e. The van der Waals surface area contributed by atoms with Gasteiger partial charge >= 0.3 is 0 Å². The molecule has 30 heavy (non-hydrogen) atoms. The van der Waals surface area contributed by atoms with Crippen molar-refractivity contribution in [3.8, 4) is 11.3 Å². The predicted octanol–water partition coefficient (Wildman–Crippen LogP) is 3.80. The van der Waals surface area contributed by atoms with E-state index in [0.29, 0.717) is 27.5 Å². The van der Waals surface area contributed by atoms with E-state index in [1.54, 1.807) is 36.5 Å². The molecule has 2 amide bonds. The van der Waals surface area contributed by atoms with Crippen LogP contribution in [0.2, 0.25) is 5.02 Å². The molecule has 1 unspecified atom stereocenters. The fraction of sp³-hybridized carbons (Fsp3) is 0.0909. The number of nitrogens with zero attached hydrogens (tertiary/aromatic N) is 1. The molecule has 8 heteroatoms. The second kappa shape index (κ2) is 8.75. The van der Waals surface area contributed by atoms with Crippen LogP contribution in [0.1, 0.15) is 22.9 Å². The number of aromatic amines is 1. The summed E-state index contributed by atoms with van der Waals surface area (Å²) in [5.41, 5.74) is 8.86. The van der Waals surface area contributed by atoms with Crippen LogP contribution < -0.4 is 11.1 Å². The zero-order chi connectivity index (χ0) is 21.8. The van der Waals surface area contributed by atoms with Gasteiger partial charge in [-0.2, -0.15) is 0 Å². The maximum absolute atomic E-state index is 12.2. The van der Waals surface area contributed by atoms with E-state index in [-0.39, 0.29) is 17.4 Å². The third kappa shape index (κ3) is 4.31. The van der Waals surface area contributed by atoms with Crippen LogP contribution in [0.4, 0.5) is 5.69 Å². The third-order valence-corrected chi connectivity index (χ3v) is 4.83. The Balaban J connectivity index is 2.01. The second-order valence-corrected chi connectivity index (χ2v) is 7.07. The van der Waals surface area contributed by atoms with Gasteiger partial charge in [-0.1, -0.05) is 42.4 Å². The molecule has 2 aromatic carbocycles. The predicted molar refractivity (Wildman–Crippen MR) is 118 cm³/mol. The summed E-state index contributed by atoms with van der Waals surface area (Å²) in [6.45, 7) is 5.36. The van der Waals surface area contributed by atoms with Crippen molar-refractivity contribution in [2.75, 3.05) is 5.32 Å².